The van der Waals surface area contributed by atoms with Crippen molar-refractivity contribution in [2.75, 3.05) is 19.8 Å². The van der Waals surface area contributed by atoms with Crippen molar-refractivity contribution in [1.29, 1.82) is 0 Å². The van der Waals surface area contributed by atoms with Crippen molar-refractivity contribution in [2.24, 2.45) is 5.73 Å². The van der Waals surface area contributed by atoms with E-state index in [2.05, 4.69) is 0 Å². The molecule has 16 heavy (non-hydrogen) atoms. The van der Waals surface area contributed by atoms with Crippen LogP contribution in [-0.4, -0.2) is 19.8 Å². The van der Waals surface area contributed by atoms with Gasteiger partial charge in [0, 0.05) is 31.7 Å². The summed E-state index contributed by atoms with van der Waals surface area (Å²) in [5.74, 6) is 0.363. The van der Waals surface area contributed by atoms with E-state index in [1.54, 1.807) is 6.07 Å². The highest BCUT2D eigenvalue weighted by atomic mass is 19.1. The van der Waals surface area contributed by atoms with Crippen molar-refractivity contribution < 1.29 is 13.9 Å². The minimum absolute atomic E-state index is 0.276. The van der Waals surface area contributed by atoms with E-state index in [4.69, 9.17) is 15.2 Å². The topological polar surface area (TPSA) is 44.5 Å². The third-order valence-electron chi connectivity index (χ3n) is 2.14. The van der Waals surface area contributed by atoms with Crippen molar-refractivity contribution in [3.8, 4) is 5.75 Å². The molecule has 0 saturated carbocycles. The van der Waals surface area contributed by atoms with Crippen LogP contribution in [0.3, 0.4) is 0 Å². The minimum atomic E-state index is -0.290. The lowest BCUT2D eigenvalue weighted by atomic mass is 10.2. The first-order chi connectivity index (χ1) is 7.77. The van der Waals surface area contributed by atoms with Crippen LogP contribution in [0.4, 0.5) is 4.39 Å². The van der Waals surface area contributed by atoms with Crippen LogP contribution in [0, 0.1) is 5.82 Å². The zero-order valence-electron chi connectivity index (χ0n) is 9.54. The average Bonchev–Trinajstić information content (AvgIpc) is 2.30. The summed E-state index contributed by atoms with van der Waals surface area (Å²) in [4.78, 5) is 0. The van der Waals surface area contributed by atoms with Crippen LogP contribution in [0.25, 0.3) is 0 Å². The van der Waals surface area contributed by atoms with Crippen LogP contribution in [0.2, 0.25) is 0 Å². The van der Waals surface area contributed by atoms with Crippen molar-refractivity contribution >= 4 is 0 Å². The molecule has 0 heterocycles. The molecule has 0 aliphatic carbocycles. The average molecular weight is 227 g/mol. The van der Waals surface area contributed by atoms with Crippen molar-refractivity contribution in [3.63, 3.8) is 0 Å². The molecule has 0 amide bonds. The van der Waals surface area contributed by atoms with Crippen LogP contribution >= 0.6 is 0 Å². The van der Waals surface area contributed by atoms with Crippen molar-refractivity contribution in [3.05, 3.63) is 29.6 Å². The number of benzene rings is 1. The first-order valence-electron chi connectivity index (χ1n) is 5.47. The first-order valence-corrected chi connectivity index (χ1v) is 5.47. The maximum absolute atomic E-state index is 12.9. The van der Waals surface area contributed by atoms with Gasteiger partial charge < -0.3 is 15.2 Å². The summed E-state index contributed by atoms with van der Waals surface area (Å²) >= 11 is 0. The lowest BCUT2D eigenvalue weighted by Gasteiger charge is -2.10. The molecule has 0 aliphatic rings. The predicted molar refractivity (Wildman–Crippen MR) is 60.9 cm³/mol. The van der Waals surface area contributed by atoms with Crippen LogP contribution < -0.4 is 10.5 Å². The molecule has 0 bridgehead atoms. The fourth-order valence-corrected chi connectivity index (χ4v) is 1.34. The van der Waals surface area contributed by atoms with Gasteiger partial charge in [-0.2, -0.15) is 0 Å². The van der Waals surface area contributed by atoms with Crippen LogP contribution in [-0.2, 0) is 11.3 Å². The number of ether oxygens (including phenoxy) is 2. The Bertz CT molecular complexity index is 318. The van der Waals surface area contributed by atoms with Gasteiger partial charge in [0.25, 0.3) is 0 Å². The Hall–Kier alpha value is -1.13. The highest BCUT2D eigenvalue weighted by molar-refractivity contribution is 5.33. The van der Waals surface area contributed by atoms with E-state index < -0.39 is 0 Å². The molecule has 0 aromatic heterocycles. The lowest BCUT2D eigenvalue weighted by molar-refractivity contribution is 0.130. The third-order valence-corrected chi connectivity index (χ3v) is 2.14. The Morgan fingerprint density at radius 1 is 1.31 bits per heavy atom. The van der Waals surface area contributed by atoms with Gasteiger partial charge >= 0.3 is 0 Å². The summed E-state index contributed by atoms with van der Waals surface area (Å²) in [5.41, 5.74) is 6.19. The van der Waals surface area contributed by atoms with Gasteiger partial charge in [-0.1, -0.05) is 0 Å². The van der Waals surface area contributed by atoms with Gasteiger partial charge in [-0.15, -0.1) is 0 Å². The molecular formula is C12H18FNO2. The molecule has 90 valence electrons. The smallest absolute Gasteiger partial charge is 0.123 e. The molecule has 0 atom stereocenters. The number of hydrogen-bond acceptors (Lipinski definition) is 3. The summed E-state index contributed by atoms with van der Waals surface area (Å²) in [5, 5.41) is 0. The fraction of sp³-hybridized carbons (Fsp3) is 0.500. The molecule has 1 aromatic carbocycles. The Morgan fingerprint density at radius 3 is 2.81 bits per heavy atom. The highest BCUT2D eigenvalue weighted by Crippen LogP contribution is 2.19. The molecule has 0 radical (unpaired) electrons. The largest absolute Gasteiger partial charge is 0.493 e. The Balaban J connectivity index is 2.41. The number of halogens is 1. The SMILES string of the molecule is CCOCCCOc1ccc(F)cc1CN. The molecule has 1 aromatic rings. The third kappa shape index (κ3) is 4.16. The number of nitrogens with two attached hydrogens (primary N) is 1. The maximum atomic E-state index is 12.9. The summed E-state index contributed by atoms with van der Waals surface area (Å²) < 4.78 is 23.6. The van der Waals surface area contributed by atoms with Crippen LogP contribution in [0.1, 0.15) is 18.9 Å². The molecule has 0 spiro atoms. The van der Waals surface area contributed by atoms with E-state index >= 15 is 0 Å². The quantitative estimate of drug-likeness (QED) is 0.725. The van der Waals surface area contributed by atoms with E-state index in [0.717, 1.165) is 6.42 Å². The molecule has 2 N–H and O–H groups in total. The van der Waals surface area contributed by atoms with Gasteiger partial charge in [0.2, 0.25) is 0 Å². The van der Waals surface area contributed by atoms with Gasteiger partial charge in [-0.3, -0.25) is 0 Å². The van der Waals surface area contributed by atoms with E-state index in [-0.39, 0.29) is 12.4 Å². The second-order valence-corrected chi connectivity index (χ2v) is 3.36. The first kappa shape index (κ1) is 12.9. The second-order valence-electron chi connectivity index (χ2n) is 3.36. The highest BCUT2D eigenvalue weighted by Gasteiger charge is 2.03. The van der Waals surface area contributed by atoms with Gasteiger partial charge in [0.15, 0.2) is 0 Å². The summed E-state index contributed by atoms with van der Waals surface area (Å²) in [7, 11) is 0. The maximum Gasteiger partial charge on any atom is 0.123 e. The number of hydrogen-bond donors (Lipinski definition) is 1. The Labute approximate surface area is 95.4 Å². The summed E-state index contributed by atoms with van der Waals surface area (Å²) in [6, 6.07) is 4.38. The van der Waals surface area contributed by atoms with Gasteiger partial charge in [0.05, 0.1) is 6.61 Å². The molecule has 0 saturated heterocycles. The van der Waals surface area contributed by atoms with Gasteiger partial charge in [0.1, 0.15) is 11.6 Å². The second kappa shape index (κ2) is 7.19. The fourth-order valence-electron chi connectivity index (χ4n) is 1.34. The van der Waals surface area contributed by atoms with E-state index in [9.17, 15) is 4.39 Å². The standard InChI is InChI=1S/C12H18FNO2/c1-2-15-6-3-7-16-12-5-4-11(13)8-10(12)9-14/h4-5,8H,2-3,6-7,9,14H2,1H3. The molecular weight excluding hydrogens is 209 g/mol. The summed E-state index contributed by atoms with van der Waals surface area (Å²) in [6.07, 6.45) is 0.815. The zero-order chi connectivity index (χ0) is 11.8. The Morgan fingerprint density at radius 2 is 2.12 bits per heavy atom. The van der Waals surface area contributed by atoms with Crippen LogP contribution in [0.5, 0.6) is 5.75 Å². The molecule has 1 rings (SSSR count). The van der Waals surface area contributed by atoms with Crippen molar-refractivity contribution in [1.82, 2.24) is 0 Å². The molecule has 0 aliphatic heterocycles. The molecule has 0 fully saturated rings. The predicted octanol–water partition coefficient (Wildman–Crippen LogP) is 2.09. The Kier molecular flexibility index (Phi) is 5.82. The van der Waals surface area contributed by atoms with Crippen molar-refractivity contribution in [2.45, 2.75) is 19.9 Å². The zero-order valence-corrected chi connectivity index (χ0v) is 9.54. The van der Waals surface area contributed by atoms with E-state index in [0.29, 0.717) is 31.1 Å². The monoisotopic (exact) mass is 227 g/mol. The van der Waals surface area contributed by atoms with E-state index in [1.165, 1.54) is 12.1 Å². The normalized spacial score (nSPS) is 10.4. The minimum Gasteiger partial charge on any atom is -0.493 e. The van der Waals surface area contributed by atoms with Gasteiger partial charge in [-0.25, -0.2) is 4.39 Å². The lowest BCUT2D eigenvalue weighted by Crippen LogP contribution is -2.06. The molecule has 3 nitrogen and oxygen atoms in total. The number of rotatable bonds is 7. The molecule has 0 unspecified atom stereocenters. The molecule has 4 heteroatoms. The van der Waals surface area contributed by atoms with E-state index in [1.807, 2.05) is 6.92 Å². The van der Waals surface area contributed by atoms with Crippen LogP contribution in [0.15, 0.2) is 18.2 Å². The summed E-state index contributed by atoms with van der Waals surface area (Å²) in [6.45, 7) is 4.17. The van der Waals surface area contributed by atoms with Gasteiger partial charge in [-0.05, 0) is 25.1 Å².